The van der Waals surface area contributed by atoms with Crippen molar-refractivity contribution in [1.82, 2.24) is 24.7 Å². The van der Waals surface area contributed by atoms with E-state index >= 15 is 0 Å². The molecule has 0 saturated heterocycles. The van der Waals surface area contributed by atoms with Gasteiger partial charge in [0, 0.05) is 30.8 Å². The first-order chi connectivity index (χ1) is 13.7. The van der Waals surface area contributed by atoms with E-state index in [1.54, 1.807) is 25.4 Å². The minimum Gasteiger partial charge on any atom is -0.481 e. The van der Waals surface area contributed by atoms with Gasteiger partial charge in [0.05, 0.1) is 36.7 Å². The highest BCUT2D eigenvalue weighted by molar-refractivity contribution is 5.97. The monoisotopic (exact) mass is 377 g/mol. The molecule has 5 rings (SSSR count). The second kappa shape index (κ2) is 6.56. The summed E-state index contributed by atoms with van der Waals surface area (Å²) in [7, 11) is 1.57. The van der Waals surface area contributed by atoms with Crippen LogP contribution in [-0.2, 0) is 6.54 Å². The van der Waals surface area contributed by atoms with E-state index in [2.05, 4.69) is 15.0 Å². The summed E-state index contributed by atoms with van der Waals surface area (Å²) in [5, 5.41) is 4.70. The molecule has 0 saturated carbocycles. The van der Waals surface area contributed by atoms with Crippen LogP contribution in [0.5, 0.6) is 11.8 Å². The number of rotatable bonds is 3. The number of pyridine rings is 3. The second-order valence-electron chi connectivity index (χ2n) is 6.40. The molecule has 0 N–H and O–H groups in total. The Hall–Kier alpha value is -3.55. The highest BCUT2D eigenvalue weighted by atomic mass is 19.1. The number of fused-ring (bicyclic) bond motifs is 2. The maximum Gasteiger partial charge on any atom is 0.220 e. The molecule has 0 aromatic carbocycles. The van der Waals surface area contributed by atoms with Gasteiger partial charge in [0.2, 0.25) is 11.8 Å². The van der Waals surface area contributed by atoms with Gasteiger partial charge in [0.15, 0.2) is 0 Å². The summed E-state index contributed by atoms with van der Waals surface area (Å²) in [6.45, 7) is 1.35. The molecule has 4 aromatic heterocycles. The number of aromatic nitrogens is 5. The van der Waals surface area contributed by atoms with Crippen molar-refractivity contribution in [2.45, 2.75) is 13.0 Å². The molecule has 8 heteroatoms. The van der Waals surface area contributed by atoms with Gasteiger partial charge in [-0.3, -0.25) is 9.97 Å². The largest absolute Gasteiger partial charge is 0.481 e. The molecule has 0 atom stereocenters. The maximum atomic E-state index is 13.4. The van der Waals surface area contributed by atoms with Gasteiger partial charge in [-0.2, -0.15) is 5.10 Å². The molecule has 0 fully saturated rings. The number of hydrogen-bond acceptors (Lipinski definition) is 6. The number of nitrogens with zero attached hydrogens (tertiary/aromatic N) is 5. The Kier molecular flexibility index (Phi) is 3.89. The van der Waals surface area contributed by atoms with Gasteiger partial charge >= 0.3 is 0 Å². The lowest BCUT2D eigenvalue weighted by molar-refractivity contribution is 0.231. The van der Waals surface area contributed by atoms with Gasteiger partial charge in [-0.15, -0.1) is 0 Å². The third kappa shape index (κ3) is 2.65. The lowest BCUT2D eigenvalue weighted by atomic mass is 10.0. The molecule has 0 radical (unpaired) electrons. The summed E-state index contributed by atoms with van der Waals surface area (Å²) in [5.74, 6) is 0.751. The Labute approximate surface area is 159 Å². The first-order valence-corrected chi connectivity index (χ1v) is 8.90. The average Bonchev–Trinajstić information content (AvgIpc) is 3.12. The van der Waals surface area contributed by atoms with E-state index in [9.17, 15) is 4.39 Å². The zero-order chi connectivity index (χ0) is 19.1. The number of ether oxygens (including phenoxy) is 2. The van der Waals surface area contributed by atoms with Crippen molar-refractivity contribution in [2.75, 3.05) is 13.7 Å². The summed E-state index contributed by atoms with van der Waals surface area (Å²) >= 11 is 0. The highest BCUT2D eigenvalue weighted by Crippen LogP contribution is 2.42. The third-order valence-corrected chi connectivity index (χ3v) is 4.67. The summed E-state index contributed by atoms with van der Waals surface area (Å²) in [4.78, 5) is 13.2. The van der Waals surface area contributed by atoms with Crippen LogP contribution < -0.4 is 9.47 Å². The molecular formula is C20H16FN5O2. The summed E-state index contributed by atoms with van der Waals surface area (Å²) in [6.07, 6.45) is 3.78. The van der Waals surface area contributed by atoms with E-state index in [4.69, 9.17) is 14.6 Å². The number of halogens is 1. The van der Waals surface area contributed by atoms with E-state index in [1.165, 1.54) is 12.3 Å². The molecule has 140 valence electrons. The molecule has 5 heterocycles. The van der Waals surface area contributed by atoms with Crippen molar-refractivity contribution in [1.29, 1.82) is 0 Å². The zero-order valence-corrected chi connectivity index (χ0v) is 15.1. The standard InChI is InChI=1S/C20H16FN5O2/c1-27-16-6-5-14-18(24-16)13(7-8-22-14)17-19(15-4-3-12(21)11-23-15)25-26-9-2-10-28-20(17)26/h3-8,11H,2,9-10H2,1H3. The van der Waals surface area contributed by atoms with Crippen molar-refractivity contribution in [3.05, 3.63) is 48.5 Å². The van der Waals surface area contributed by atoms with Crippen LogP contribution in [0.3, 0.4) is 0 Å². The van der Waals surface area contributed by atoms with E-state index in [-0.39, 0.29) is 0 Å². The Morgan fingerprint density at radius 3 is 2.89 bits per heavy atom. The number of methoxy groups -OCH3 is 1. The predicted molar refractivity (Wildman–Crippen MR) is 101 cm³/mol. The first-order valence-electron chi connectivity index (χ1n) is 8.90. The van der Waals surface area contributed by atoms with Crippen LogP contribution in [0.2, 0.25) is 0 Å². The van der Waals surface area contributed by atoms with Crippen LogP contribution in [-0.4, -0.2) is 38.4 Å². The molecule has 4 aromatic rings. The van der Waals surface area contributed by atoms with Crippen LogP contribution in [0.15, 0.2) is 42.7 Å². The quantitative estimate of drug-likeness (QED) is 0.544. The first kappa shape index (κ1) is 16.6. The Morgan fingerprint density at radius 1 is 1.14 bits per heavy atom. The summed E-state index contributed by atoms with van der Waals surface area (Å²) in [6, 6.07) is 8.49. The van der Waals surface area contributed by atoms with Crippen LogP contribution in [0, 0.1) is 5.82 Å². The van der Waals surface area contributed by atoms with Gasteiger partial charge in [0.25, 0.3) is 0 Å². The van der Waals surface area contributed by atoms with Crippen LogP contribution in [0.1, 0.15) is 6.42 Å². The molecule has 0 bridgehead atoms. The van der Waals surface area contributed by atoms with Gasteiger partial charge < -0.3 is 9.47 Å². The van der Waals surface area contributed by atoms with E-state index in [1.807, 2.05) is 16.8 Å². The SMILES string of the molecule is COc1ccc2nccc(-c3c(-c4ccc(F)cn4)nn4c3OCCC4)c2n1. The fourth-order valence-electron chi connectivity index (χ4n) is 3.39. The molecule has 28 heavy (non-hydrogen) atoms. The van der Waals surface area contributed by atoms with Crippen LogP contribution in [0.25, 0.3) is 33.5 Å². The minimum atomic E-state index is -0.397. The molecule has 1 aliphatic heterocycles. The Balaban J connectivity index is 1.81. The molecule has 0 unspecified atom stereocenters. The highest BCUT2D eigenvalue weighted by Gasteiger charge is 2.26. The van der Waals surface area contributed by atoms with Gasteiger partial charge in [-0.25, -0.2) is 14.1 Å². The third-order valence-electron chi connectivity index (χ3n) is 4.67. The normalized spacial score (nSPS) is 13.2. The van der Waals surface area contributed by atoms with Gasteiger partial charge in [-0.1, -0.05) is 0 Å². The molecular weight excluding hydrogens is 361 g/mol. The van der Waals surface area contributed by atoms with Gasteiger partial charge in [-0.05, 0) is 24.3 Å². The Bertz CT molecular complexity index is 1170. The average molecular weight is 377 g/mol. The predicted octanol–water partition coefficient (Wildman–Crippen LogP) is 3.49. The fourth-order valence-corrected chi connectivity index (χ4v) is 3.39. The van der Waals surface area contributed by atoms with Crippen molar-refractivity contribution in [3.8, 4) is 34.3 Å². The van der Waals surface area contributed by atoms with E-state index in [0.29, 0.717) is 35.3 Å². The summed E-state index contributed by atoms with van der Waals surface area (Å²) in [5.41, 5.74) is 4.17. The van der Waals surface area contributed by atoms with Crippen molar-refractivity contribution < 1.29 is 13.9 Å². The molecule has 0 spiro atoms. The topological polar surface area (TPSA) is 75.0 Å². The molecule has 0 aliphatic carbocycles. The van der Waals surface area contributed by atoms with Crippen molar-refractivity contribution >= 4 is 11.0 Å². The second-order valence-corrected chi connectivity index (χ2v) is 6.40. The van der Waals surface area contributed by atoms with Crippen molar-refractivity contribution in [3.63, 3.8) is 0 Å². The fraction of sp³-hybridized carbons (Fsp3) is 0.200. The lowest BCUT2D eigenvalue weighted by Gasteiger charge is -2.16. The molecule has 7 nitrogen and oxygen atoms in total. The lowest BCUT2D eigenvalue weighted by Crippen LogP contribution is -2.15. The van der Waals surface area contributed by atoms with E-state index < -0.39 is 5.82 Å². The van der Waals surface area contributed by atoms with Crippen molar-refractivity contribution in [2.24, 2.45) is 0 Å². The number of hydrogen-bond donors (Lipinski definition) is 0. The van der Waals surface area contributed by atoms with Crippen LogP contribution >= 0.6 is 0 Å². The minimum absolute atomic E-state index is 0.397. The smallest absolute Gasteiger partial charge is 0.220 e. The van der Waals surface area contributed by atoms with Crippen LogP contribution in [0.4, 0.5) is 4.39 Å². The number of aryl methyl sites for hydroxylation is 1. The van der Waals surface area contributed by atoms with Gasteiger partial charge in [0.1, 0.15) is 17.0 Å². The van der Waals surface area contributed by atoms with E-state index in [0.717, 1.165) is 29.6 Å². The summed E-state index contributed by atoms with van der Waals surface area (Å²) < 4.78 is 26.5. The molecule has 0 amide bonds. The Morgan fingerprint density at radius 2 is 2.07 bits per heavy atom. The zero-order valence-electron chi connectivity index (χ0n) is 15.1. The molecule has 1 aliphatic rings. The maximum absolute atomic E-state index is 13.4.